The highest BCUT2D eigenvalue weighted by Gasteiger charge is 2.33. The number of thiocarbonyl (C=S) groups is 1. The molecule has 1 saturated heterocycles. The van der Waals surface area contributed by atoms with Crippen molar-refractivity contribution in [2.45, 2.75) is 13.8 Å². The van der Waals surface area contributed by atoms with Gasteiger partial charge in [-0.2, -0.15) is 5.01 Å². The lowest BCUT2D eigenvalue weighted by Gasteiger charge is -2.15. The van der Waals surface area contributed by atoms with E-state index in [-0.39, 0.29) is 4.32 Å². The Labute approximate surface area is 189 Å². The zero-order valence-corrected chi connectivity index (χ0v) is 18.7. The predicted molar refractivity (Wildman–Crippen MR) is 123 cm³/mol. The molecule has 1 aliphatic rings. The summed E-state index contributed by atoms with van der Waals surface area (Å²) < 4.78 is 11.4. The third kappa shape index (κ3) is 5.13. The number of carbonyl (C=O) groups is 2. The number of benzene rings is 2. The Morgan fingerprint density at radius 2 is 1.90 bits per heavy atom. The summed E-state index contributed by atoms with van der Waals surface area (Å²) in [5.74, 6) is 0.345. The van der Waals surface area contributed by atoms with Crippen molar-refractivity contribution in [2.24, 2.45) is 0 Å². The quantitative estimate of drug-likeness (QED) is 0.476. The van der Waals surface area contributed by atoms with Gasteiger partial charge in [0.25, 0.3) is 11.8 Å². The van der Waals surface area contributed by atoms with Gasteiger partial charge in [-0.3, -0.25) is 15.0 Å². The van der Waals surface area contributed by atoms with Crippen molar-refractivity contribution in [1.29, 1.82) is 0 Å². The van der Waals surface area contributed by atoms with Crippen LogP contribution in [-0.2, 0) is 4.79 Å². The van der Waals surface area contributed by atoms with Gasteiger partial charge in [-0.1, -0.05) is 35.5 Å². The summed E-state index contributed by atoms with van der Waals surface area (Å²) in [6.45, 7) is 4.79. The molecule has 0 saturated carbocycles. The molecule has 3 rings (SSSR count). The molecular formula is C21H19ClN2O4S2. The molecular weight excluding hydrogens is 444 g/mol. The molecule has 1 N–H and O–H groups in total. The van der Waals surface area contributed by atoms with Crippen LogP contribution in [-0.4, -0.2) is 34.4 Å². The van der Waals surface area contributed by atoms with Gasteiger partial charge in [0.2, 0.25) is 0 Å². The van der Waals surface area contributed by atoms with Crippen molar-refractivity contribution in [3.8, 4) is 11.5 Å². The van der Waals surface area contributed by atoms with E-state index in [0.29, 0.717) is 40.2 Å². The van der Waals surface area contributed by atoms with E-state index < -0.39 is 11.8 Å². The van der Waals surface area contributed by atoms with Crippen molar-refractivity contribution in [1.82, 2.24) is 10.4 Å². The first kappa shape index (κ1) is 22.1. The molecule has 0 unspecified atom stereocenters. The lowest BCUT2D eigenvalue weighted by molar-refractivity contribution is -0.123. The minimum Gasteiger partial charge on any atom is -0.490 e. The van der Waals surface area contributed by atoms with Gasteiger partial charge in [-0.05, 0) is 68.0 Å². The molecule has 0 spiro atoms. The molecule has 9 heteroatoms. The summed E-state index contributed by atoms with van der Waals surface area (Å²) in [5.41, 5.74) is 3.61. The Morgan fingerprint density at radius 1 is 1.17 bits per heavy atom. The minimum atomic E-state index is -0.477. The van der Waals surface area contributed by atoms with Gasteiger partial charge in [-0.15, -0.1) is 0 Å². The van der Waals surface area contributed by atoms with E-state index in [1.54, 1.807) is 36.4 Å². The highest BCUT2D eigenvalue weighted by molar-refractivity contribution is 8.26. The molecule has 1 aliphatic heterocycles. The second-order valence-corrected chi connectivity index (χ2v) is 8.15. The maximum absolute atomic E-state index is 12.8. The number of ether oxygens (including phenoxy) is 2. The summed E-state index contributed by atoms with van der Waals surface area (Å²) in [6, 6.07) is 11.8. The van der Waals surface area contributed by atoms with E-state index >= 15 is 0 Å². The zero-order chi connectivity index (χ0) is 21.7. The monoisotopic (exact) mass is 462 g/mol. The van der Waals surface area contributed by atoms with Crippen molar-refractivity contribution < 1.29 is 19.1 Å². The number of nitrogens with one attached hydrogen (secondary N) is 1. The van der Waals surface area contributed by atoms with E-state index in [1.807, 2.05) is 19.9 Å². The van der Waals surface area contributed by atoms with Crippen LogP contribution in [0.1, 0.15) is 29.8 Å². The summed E-state index contributed by atoms with van der Waals surface area (Å²) >= 11 is 12.3. The van der Waals surface area contributed by atoms with Crippen LogP contribution in [0.4, 0.5) is 0 Å². The van der Waals surface area contributed by atoms with Crippen LogP contribution in [0.3, 0.4) is 0 Å². The number of thioether (sulfide) groups is 1. The molecule has 0 aliphatic carbocycles. The first-order chi connectivity index (χ1) is 14.4. The molecule has 2 amide bonds. The molecule has 0 bridgehead atoms. The number of hydrogen-bond donors (Lipinski definition) is 1. The normalized spacial score (nSPS) is 14.9. The largest absolute Gasteiger partial charge is 0.490 e. The fourth-order valence-electron chi connectivity index (χ4n) is 2.67. The fourth-order valence-corrected chi connectivity index (χ4v) is 4.04. The molecule has 6 nitrogen and oxygen atoms in total. The molecule has 0 aromatic heterocycles. The summed E-state index contributed by atoms with van der Waals surface area (Å²) in [7, 11) is 0. The van der Waals surface area contributed by atoms with Crippen molar-refractivity contribution in [3.63, 3.8) is 0 Å². The topological polar surface area (TPSA) is 67.9 Å². The molecule has 30 heavy (non-hydrogen) atoms. The fraction of sp³-hybridized carbons (Fsp3) is 0.190. The molecule has 0 radical (unpaired) electrons. The second-order valence-electron chi connectivity index (χ2n) is 6.04. The van der Waals surface area contributed by atoms with Gasteiger partial charge < -0.3 is 9.47 Å². The highest BCUT2D eigenvalue weighted by atomic mass is 35.5. The lowest BCUT2D eigenvalue weighted by atomic mass is 10.2. The van der Waals surface area contributed by atoms with E-state index in [9.17, 15) is 9.59 Å². The predicted octanol–water partition coefficient (Wildman–Crippen LogP) is 4.68. The summed E-state index contributed by atoms with van der Waals surface area (Å²) in [5, 5.41) is 1.49. The number of hydrazine groups is 1. The smallest absolute Gasteiger partial charge is 0.285 e. The van der Waals surface area contributed by atoms with Crippen LogP contribution < -0.4 is 14.9 Å². The molecule has 2 aromatic rings. The van der Waals surface area contributed by atoms with Gasteiger partial charge in [0, 0.05) is 10.6 Å². The third-order valence-corrected chi connectivity index (χ3v) is 5.50. The third-order valence-electron chi connectivity index (χ3n) is 3.96. The van der Waals surface area contributed by atoms with Crippen molar-refractivity contribution in [2.75, 3.05) is 13.2 Å². The number of carbonyl (C=O) groups excluding carboxylic acids is 2. The Hall–Kier alpha value is -2.55. The molecule has 0 atom stereocenters. The maximum Gasteiger partial charge on any atom is 0.285 e. The van der Waals surface area contributed by atoms with Gasteiger partial charge in [0.05, 0.1) is 18.1 Å². The zero-order valence-electron chi connectivity index (χ0n) is 16.3. The van der Waals surface area contributed by atoms with Gasteiger partial charge in [0.15, 0.2) is 15.8 Å². The molecule has 1 heterocycles. The number of amides is 2. The summed E-state index contributed by atoms with van der Waals surface area (Å²) in [6.07, 6.45) is 1.70. The Kier molecular flexibility index (Phi) is 7.36. The lowest BCUT2D eigenvalue weighted by Crippen LogP contribution is -2.44. The molecule has 1 fully saturated rings. The number of nitrogens with zero attached hydrogens (tertiary/aromatic N) is 1. The van der Waals surface area contributed by atoms with Crippen LogP contribution in [0.25, 0.3) is 6.08 Å². The van der Waals surface area contributed by atoms with Gasteiger partial charge in [-0.25, -0.2) is 0 Å². The van der Waals surface area contributed by atoms with E-state index in [4.69, 9.17) is 33.3 Å². The summed E-state index contributed by atoms with van der Waals surface area (Å²) in [4.78, 5) is 25.6. The van der Waals surface area contributed by atoms with Crippen molar-refractivity contribution >= 4 is 57.8 Å². The first-order valence-corrected chi connectivity index (χ1v) is 10.8. The average molecular weight is 463 g/mol. The van der Waals surface area contributed by atoms with Gasteiger partial charge >= 0.3 is 0 Å². The Morgan fingerprint density at radius 3 is 2.60 bits per heavy atom. The molecule has 156 valence electrons. The SMILES string of the molecule is CCOc1ccc(/C=C2\SC(=S)N(NC(=O)c3cccc(Cl)c3)C2=O)cc1OCC. The number of hydrogen-bond acceptors (Lipinski definition) is 6. The van der Waals surface area contributed by atoms with E-state index in [1.165, 1.54) is 6.07 Å². The number of rotatable bonds is 7. The van der Waals surface area contributed by atoms with Crippen LogP contribution in [0.5, 0.6) is 11.5 Å². The van der Waals surface area contributed by atoms with E-state index in [2.05, 4.69) is 5.43 Å². The first-order valence-electron chi connectivity index (χ1n) is 9.17. The standard InChI is InChI=1S/C21H19ClN2O4S2/c1-3-27-16-9-8-13(10-17(16)28-4-2)11-18-20(26)24(21(29)30-18)23-19(25)14-6-5-7-15(22)12-14/h5-12H,3-4H2,1-2H3,(H,23,25)/b18-11-. The van der Waals surface area contributed by atoms with Crippen LogP contribution in [0.15, 0.2) is 47.4 Å². The minimum absolute atomic E-state index is 0.234. The molecule has 2 aromatic carbocycles. The van der Waals surface area contributed by atoms with Crippen LogP contribution in [0.2, 0.25) is 5.02 Å². The Bertz CT molecular complexity index is 1030. The average Bonchev–Trinajstić information content (AvgIpc) is 2.97. The second kappa shape index (κ2) is 9.97. The number of halogens is 1. The highest BCUT2D eigenvalue weighted by Crippen LogP contribution is 2.34. The van der Waals surface area contributed by atoms with Gasteiger partial charge in [0.1, 0.15) is 0 Å². The van der Waals surface area contributed by atoms with Crippen LogP contribution in [0, 0.1) is 0 Å². The Balaban J connectivity index is 1.79. The maximum atomic E-state index is 12.8. The van der Waals surface area contributed by atoms with E-state index in [0.717, 1.165) is 22.3 Å². The van der Waals surface area contributed by atoms with Crippen LogP contribution >= 0.6 is 35.6 Å². The van der Waals surface area contributed by atoms with Crippen molar-refractivity contribution in [3.05, 3.63) is 63.5 Å².